The lowest BCUT2D eigenvalue weighted by Crippen LogP contribution is -2.22. The van der Waals surface area contributed by atoms with Gasteiger partial charge in [0.2, 0.25) is 0 Å². The predicted molar refractivity (Wildman–Crippen MR) is 111 cm³/mol. The Morgan fingerprint density at radius 2 is 1.74 bits per heavy atom. The summed E-state index contributed by atoms with van der Waals surface area (Å²) in [6.07, 6.45) is 0. The number of hydrogen-bond acceptors (Lipinski definition) is 8. The standard InChI is InChI=1S/C17H10Cl2N4O7S/c1-30-13(24)7-21-15-12(3-2-11(18)14(15)19)31-17(21)20-16(25)8-4-9(22(26)27)6-10(5-8)23(28)29/h2-6H,7H2,1H3. The molecule has 1 heterocycles. The number of halogens is 2. The van der Waals surface area contributed by atoms with Crippen LogP contribution in [0.5, 0.6) is 0 Å². The smallest absolute Gasteiger partial charge is 0.325 e. The number of carbonyl (C=O) groups is 2. The third-order valence-electron chi connectivity index (χ3n) is 4.02. The average Bonchev–Trinajstić information content (AvgIpc) is 3.07. The second kappa shape index (κ2) is 8.79. The summed E-state index contributed by atoms with van der Waals surface area (Å²) in [5, 5.41) is 22.5. The van der Waals surface area contributed by atoms with Gasteiger partial charge in [0.25, 0.3) is 17.3 Å². The summed E-state index contributed by atoms with van der Waals surface area (Å²) in [6.45, 7) is -0.349. The molecular weight excluding hydrogens is 475 g/mol. The molecule has 1 aromatic heterocycles. The molecule has 0 saturated heterocycles. The molecule has 0 fully saturated rings. The van der Waals surface area contributed by atoms with Crippen LogP contribution < -0.4 is 4.80 Å². The van der Waals surface area contributed by atoms with Crippen molar-refractivity contribution in [3.05, 3.63) is 71.0 Å². The van der Waals surface area contributed by atoms with E-state index in [4.69, 9.17) is 23.2 Å². The molecule has 3 aromatic rings. The van der Waals surface area contributed by atoms with Crippen LogP contribution in [0, 0.1) is 20.2 Å². The number of nitrogens with zero attached hydrogens (tertiary/aromatic N) is 4. The lowest BCUT2D eigenvalue weighted by Gasteiger charge is -2.06. The van der Waals surface area contributed by atoms with E-state index in [1.807, 2.05) is 0 Å². The highest BCUT2D eigenvalue weighted by molar-refractivity contribution is 7.16. The largest absolute Gasteiger partial charge is 0.468 e. The molecule has 0 unspecified atom stereocenters. The van der Waals surface area contributed by atoms with Gasteiger partial charge in [0.1, 0.15) is 6.54 Å². The zero-order valence-corrected chi connectivity index (χ0v) is 17.7. The molecule has 2 aromatic carbocycles. The molecule has 1 amide bonds. The Labute approximate surface area is 186 Å². The van der Waals surface area contributed by atoms with Gasteiger partial charge in [0.05, 0.1) is 48.8 Å². The molecule has 14 heteroatoms. The van der Waals surface area contributed by atoms with Crippen molar-refractivity contribution >= 4 is 68.0 Å². The summed E-state index contributed by atoms with van der Waals surface area (Å²) in [7, 11) is 1.18. The first kappa shape index (κ1) is 22.3. The summed E-state index contributed by atoms with van der Waals surface area (Å²) in [5.74, 6) is -1.64. The van der Waals surface area contributed by atoms with Crippen LogP contribution in [0.2, 0.25) is 10.0 Å². The zero-order valence-electron chi connectivity index (χ0n) is 15.4. The fourth-order valence-electron chi connectivity index (χ4n) is 2.61. The zero-order chi connectivity index (χ0) is 22.9. The highest BCUT2D eigenvalue weighted by Gasteiger charge is 2.21. The molecule has 0 aliphatic carbocycles. The number of thiazole rings is 1. The number of ether oxygens (including phenoxy) is 1. The van der Waals surface area contributed by atoms with Crippen LogP contribution >= 0.6 is 34.5 Å². The molecule has 0 spiro atoms. The summed E-state index contributed by atoms with van der Waals surface area (Å²) in [4.78, 5) is 48.9. The van der Waals surface area contributed by atoms with E-state index in [2.05, 4.69) is 9.73 Å². The molecule has 0 radical (unpaired) electrons. The Morgan fingerprint density at radius 1 is 1.13 bits per heavy atom. The van der Waals surface area contributed by atoms with E-state index in [1.165, 1.54) is 17.7 Å². The quantitative estimate of drug-likeness (QED) is 0.304. The van der Waals surface area contributed by atoms with Gasteiger partial charge in [0, 0.05) is 12.1 Å². The van der Waals surface area contributed by atoms with Crippen molar-refractivity contribution in [3.63, 3.8) is 0 Å². The molecule has 3 rings (SSSR count). The van der Waals surface area contributed by atoms with Crippen molar-refractivity contribution in [2.75, 3.05) is 7.11 Å². The van der Waals surface area contributed by atoms with Gasteiger partial charge in [0.15, 0.2) is 4.80 Å². The van der Waals surface area contributed by atoms with Crippen LogP contribution in [0.1, 0.15) is 10.4 Å². The van der Waals surface area contributed by atoms with E-state index in [9.17, 15) is 29.8 Å². The van der Waals surface area contributed by atoms with E-state index in [-0.39, 0.29) is 27.0 Å². The first-order chi connectivity index (χ1) is 14.6. The number of carbonyl (C=O) groups excluding carboxylic acids is 2. The Hall–Kier alpha value is -3.35. The minimum Gasteiger partial charge on any atom is -0.468 e. The maximum Gasteiger partial charge on any atom is 0.325 e. The number of nitro benzene ring substituents is 2. The van der Waals surface area contributed by atoms with Gasteiger partial charge in [-0.3, -0.25) is 29.8 Å². The minimum absolute atomic E-state index is 0.0173. The van der Waals surface area contributed by atoms with Gasteiger partial charge in [-0.25, -0.2) is 0 Å². The van der Waals surface area contributed by atoms with Crippen LogP contribution in [0.3, 0.4) is 0 Å². The monoisotopic (exact) mass is 484 g/mol. The molecule has 31 heavy (non-hydrogen) atoms. The number of rotatable bonds is 5. The maximum atomic E-state index is 12.7. The maximum absolute atomic E-state index is 12.7. The second-order valence-corrected chi connectivity index (χ2v) is 7.72. The van der Waals surface area contributed by atoms with Gasteiger partial charge in [-0.15, -0.1) is 0 Å². The Balaban J connectivity index is 2.23. The van der Waals surface area contributed by atoms with Crippen molar-refractivity contribution in [2.45, 2.75) is 6.54 Å². The third-order valence-corrected chi connectivity index (χ3v) is 5.86. The fourth-order valence-corrected chi connectivity index (χ4v) is 4.12. The highest BCUT2D eigenvalue weighted by atomic mass is 35.5. The average molecular weight is 485 g/mol. The van der Waals surface area contributed by atoms with Crippen molar-refractivity contribution in [1.82, 2.24) is 4.57 Å². The molecule has 0 saturated carbocycles. The summed E-state index contributed by atoms with van der Waals surface area (Å²) < 4.78 is 6.52. The van der Waals surface area contributed by atoms with Crippen LogP contribution in [0.4, 0.5) is 11.4 Å². The van der Waals surface area contributed by atoms with Gasteiger partial charge in [-0.2, -0.15) is 4.99 Å². The molecule has 0 bridgehead atoms. The third kappa shape index (κ3) is 4.55. The Morgan fingerprint density at radius 3 is 2.29 bits per heavy atom. The van der Waals surface area contributed by atoms with Gasteiger partial charge < -0.3 is 9.30 Å². The van der Waals surface area contributed by atoms with Gasteiger partial charge in [-0.1, -0.05) is 34.5 Å². The molecule has 160 valence electrons. The van der Waals surface area contributed by atoms with Crippen LogP contribution in [0.15, 0.2) is 35.3 Å². The molecule has 0 atom stereocenters. The van der Waals surface area contributed by atoms with Crippen LogP contribution in [-0.2, 0) is 16.1 Å². The minimum atomic E-state index is -0.987. The Bertz CT molecular complexity index is 1300. The first-order valence-corrected chi connectivity index (χ1v) is 9.76. The fraction of sp³-hybridized carbons (Fsp3) is 0.118. The van der Waals surface area contributed by atoms with Gasteiger partial charge in [-0.05, 0) is 12.1 Å². The molecule has 0 aliphatic heterocycles. The number of non-ortho nitro benzene ring substituents is 2. The highest BCUT2D eigenvalue weighted by Crippen LogP contribution is 2.32. The van der Waals surface area contributed by atoms with E-state index in [1.54, 1.807) is 6.07 Å². The lowest BCUT2D eigenvalue weighted by molar-refractivity contribution is -0.394. The normalized spacial score (nSPS) is 11.5. The van der Waals surface area contributed by atoms with E-state index in [0.717, 1.165) is 29.5 Å². The first-order valence-electron chi connectivity index (χ1n) is 8.19. The predicted octanol–water partition coefficient (Wildman–Crippen LogP) is 3.74. The molecular formula is C17H10Cl2N4O7S. The number of nitro groups is 2. The number of methoxy groups -OCH3 is 1. The number of benzene rings is 2. The molecule has 0 aliphatic rings. The summed E-state index contributed by atoms with van der Waals surface area (Å²) in [5.41, 5.74) is -1.31. The van der Waals surface area contributed by atoms with E-state index >= 15 is 0 Å². The van der Waals surface area contributed by atoms with E-state index in [0.29, 0.717) is 10.2 Å². The summed E-state index contributed by atoms with van der Waals surface area (Å²) in [6, 6.07) is 5.63. The lowest BCUT2D eigenvalue weighted by atomic mass is 10.1. The number of amides is 1. The van der Waals surface area contributed by atoms with E-state index < -0.39 is 33.1 Å². The number of aromatic nitrogens is 1. The molecule has 11 nitrogen and oxygen atoms in total. The Kier molecular flexibility index (Phi) is 6.34. The second-order valence-electron chi connectivity index (χ2n) is 5.92. The van der Waals surface area contributed by atoms with Crippen LogP contribution in [0.25, 0.3) is 10.2 Å². The van der Waals surface area contributed by atoms with Crippen molar-refractivity contribution < 1.29 is 24.2 Å². The van der Waals surface area contributed by atoms with Gasteiger partial charge >= 0.3 is 5.97 Å². The van der Waals surface area contributed by atoms with Crippen molar-refractivity contribution in [3.8, 4) is 0 Å². The number of esters is 1. The molecule has 0 N–H and O–H groups in total. The van der Waals surface area contributed by atoms with Crippen molar-refractivity contribution in [1.29, 1.82) is 0 Å². The summed E-state index contributed by atoms with van der Waals surface area (Å²) >= 11 is 13.3. The van der Waals surface area contributed by atoms with Crippen LogP contribution in [-0.4, -0.2) is 33.4 Å². The van der Waals surface area contributed by atoms with Crippen molar-refractivity contribution in [2.24, 2.45) is 4.99 Å². The number of hydrogen-bond donors (Lipinski definition) is 0. The SMILES string of the molecule is COC(=O)Cn1c(=NC(=O)c2cc([N+](=O)[O-])cc([N+](=O)[O-])c2)sc2ccc(Cl)c(Cl)c21. The number of fused-ring (bicyclic) bond motifs is 1. The topological polar surface area (TPSA) is 147 Å².